The first-order valence-electron chi connectivity index (χ1n) is 27.6. The average molecular weight is 1050 g/mol. The number of ketones is 1. The Balaban J connectivity index is 1.20. The molecule has 6 rings (SSSR count). The number of benzene rings is 4. The summed E-state index contributed by atoms with van der Waals surface area (Å²) in [6.07, 6.45) is 4.43. The second-order valence-electron chi connectivity index (χ2n) is 23.9. The summed E-state index contributed by atoms with van der Waals surface area (Å²) in [4.78, 5) is 15.1. The zero-order valence-electron chi connectivity index (χ0n) is 47.6. The van der Waals surface area contributed by atoms with Gasteiger partial charge in [0.2, 0.25) is 8.32 Å². The van der Waals surface area contributed by atoms with Gasteiger partial charge < -0.3 is 37.3 Å². The number of methoxy groups -OCH3 is 1. The van der Waals surface area contributed by atoms with Crippen molar-refractivity contribution in [3.05, 3.63) is 138 Å². The summed E-state index contributed by atoms with van der Waals surface area (Å²) < 4.78 is 53.2. The normalized spacial score (nSPS) is 20.9. The predicted octanol–water partition coefficient (Wildman–Crippen LogP) is 13.7. The summed E-state index contributed by atoms with van der Waals surface area (Å²) in [7, 11) is -3.16. The molecular formula is C63H92O9Si2. The summed E-state index contributed by atoms with van der Waals surface area (Å²) in [5.41, 5.74) is 3.93. The predicted molar refractivity (Wildman–Crippen MR) is 305 cm³/mol. The highest BCUT2D eigenvalue weighted by molar-refractivity contribution is 6.99. The van der Waals surface area contributed by atoms with Gasteiger partial charge in [-0.1, -0.05) is 191 Å². The van der Waals surface area contributed by atoms with Gasteiger partial charge in [0.05, 0.1) is 64.1 Å². The number of Topliss-reactive ketones (excluding diaryl/α,β-unsaturated/α-hetero) is 1. The van der Waals surface area contributed by atoms with Crippen molar-refractivity contribution in [2.75, 3.05) is 26.9 Å². The second kappa shape index (κ2) is 26.5. The molecular weight excluding hydrogens is 957 g/mol. The molecule has 2 saturated heterocycles. The van der Waals surface area contributed by atoms with Crippen LogP contribution in [0.5, 0.6) is 5.75 Å². The largest absolute Gasteiger partial charge is 0.497 e. The zero-order valence-corrected chi connectivity index (χ0v) is 49.6. The lowest BCUT2D eigenvalue weighted by Gasteiger charge is -2.45. The first kappa shape index (κ1) is 59.5. The first-order chi connectivity index (χ1) is 35.1. The fourth-order valence-corrected chi connectivity index (χ4v) is 22.1. The Morgan fingerprint density at radius 3 is 1.78 bits per heavy atom. The van der Waals surface area contributed by atoms with Crippen molar-refractivity contribution in [1.29, 1.82) is 0 Å². The van der Waals surface area contributed by atoms with Gasteiger partial charge in [0, 0.05) is 31.3 Å². The van der Waals surface area contributed by atoms with Crippen LogP contribution >= 0.6 is 0 Å². The molecule has 406 valence electrons. The molecule has 0 aromatic heterocycles. The van der Waals surface area contributed by atoms with Crippen LogP contribution in [0.15, 0.2) is 127 Å². The van der Waals surface area contributed by atoms with E-state index in [1.54, 1.807) is 7.11 Å². The molecule has 0 spiro atoms. The summed E-state index contributed by atoms with van der Waals surface area (Å²) in [5.74, 6) is 0.0613. The molecule has 0 amide bonds. The molecule has 0 aliphatic carbocycles. The lowest BCUT2D eigenvalue weighted by atomic mass is 9.76. The number of carbonyl (C=O) groups is 1. The maximum absolute atomic E-state index is 15.1. The van der Waals surface area contributed by atoms with E-state index in [0.29, 0.717) is 75.3 Å². The van der Waals surface area contributed by atoms with Crippen molar-refractivity contribution in [3.8, 4) is 5.75 Å². The van der Waals surface area contributed by atoms with Crippen LogP contribution in [0.2, 0.25) is 21.7 Å². The summed E-state index contributed by atoms with van der Waals surface area (Å²) in [6, 6.07) is 39.7. The Labute approximate surface area is 448 Å². The van der Waals surface area contributed by atoms with Gasteiger partial charge in [-0.05, 0) is 88.4 Å². The number of hydrogen-bond acceptors (Lipinski definition) is 9. The lowest BCUT2D eigenvalue weighted by Crippen LogP contribution is -2.66. The molecule has 0 radical (unpaired) electrons. The van der Waals surface area contributed by atoms with E-state index in [1.165, 1.54) is 15.9 Å². The minimum atomic E-state index is -2.75. The van der Waals surface area contributed by atoms with Crippen LogP contribution in [0.1, 0.15) is 140 Å². The first-order valence-corrected chi connectivity index (χ1v) is 31.6. The highest BCUT2D eigenvalue weighted by atomic mass is 28.4. The van der Waals surface area contributed by atoms with Gasteiger partial charge in [0.25, 0.3) is 8.32 Å². The Morgan fingerprint density at radius 2 is 1.23 bits per heavy atom. The topological polar surface area (TPSA) is 90.9 Å². The maximum atomic E-state index is 15.1. The minimum Gasteiger partial charge on any atom is -0.497 e. The smallest absolute Gasteiger partial charge is 0.261 e. The van der Waals surface area contributed by atoms with Gasteiger partial charge in [-0.25, -0.2) is 0 Å². The molecule has 74 heavy (non-hydrogen) atoms. The number of rotatable bonds is 26. The molecule has 2 heterocycles. The van der Waals surface area contributed by atoms with Crippen LogP contribution in [-0.2, 0) is 50.5 Å². The zero-order chi connectivity index (χ0) is 53.7. The van der Waals surface area contributed by atoms with Crippen molar-refractivity contribution < 1.29 is 42.1 Å². The maximum Gasteiger partial charge on any atom is 0.261 e. The standard InChI is InChI=1S/C63H92O9Si2/c1-46(2)73(47(3)4,48(5)6)68-36-34-51-38-54(70-56(39-51)45-66-43-50-30-32-52(65-14)33-31-50)41-59(64)62(10,11)60(67-44-49-24-18-15-19-25-49)42-55-40-53(71-63(12,13)72-55)35-37-69-74(61(7,8)9,57-26-20-16-21-27-57)58-28-22-17-23-29-58/h15-34,46-48,53-56,60H,35-45H2,1-14H3/b51-34-/t53-,54-,55+,56+,60-/m0/s1. The van der Waals surface area contributed by atoms with Crippen LogP contribution in [0.3, 0.4) is 0 Å². The molecule has 0 saturated carbocycles. The van der Waals surface area contributed by atoms with E-state index in [4.69, 9.17) is 37.3 Å². The van der Waals surface area contributed by atoms with Crippen LogP contribution in [-0.4, -0.2) is 85.7 Å². The van der Waals surface area contributed by atoms with Crippen LogP contribution in [0, 0.1) is 5.41 Å². The Hall–Kier alpha value is -3.76. The molecule has 11 heteroatoms. The fraction of sp³-hybridized carbons (Fsp3) is 0.571. The number of carbonyl (C=O) groups excluding carboxylic acids is 1. The fourth-order valence-electron chi connectivity index (χ4n) is 12.1. The van der Waals surface area contributed by atoms with Crippen LogP contribution < -0.4 is 15.1 Å². The van der Waals surface area contributed by atoms with Crippen molar-refractivity contribution in [2.45, 2.75) is 200 Å². The highest BCUT2D eigenvalue weighted by Gasteiger charge is 2.51. The van der Waals surface area contributed by atoms with E-state index in [1.807, 2.05) is 70.2 Å². The highest BCUT2D eigenvalue weighted by Crippen LogP contribution is 2.43. The van der Waals surface area contributed by atoms with Gasteiger partial charge in [-0.15, -0.1) is 0 Å². The Morgan fingerprint density at radius 1 is 0.689 bits per heavy atom. The summed E-state index contributed by atoms with van der Waals surface area (Å²) in [6.45, 7) is 31.3. The Bertz CT molecular complexity index is 2270. The SMILES string of the molecule is COc1ccc(COC[C@H]2C/C(=C\CO[Si](C(C)C)(C(C)C)C(C)C)C[C@@H](CC(=O)C(C)(C)[C@H](C[C@H]3C[C@H](CCO[Si](c4ccccc4)(c4ccccc4)C(C)(C)C)OC(C)(C)O3)OCc3ccccc3)O2)cc1. The molecule has 2 aliphatic heterocycles. The number of ether oxygens (including phenoxy) is 6. The van der Waals surface area contributed by atoms with E-state index < -0.39 is 33.9 Å². The third-order valence-electron chi connectivity index (χ3n) is 15.8. The van der Waals surface area contributed by atoms with E-state index >= 15 is 4.79 Å². The Kier molecular flexibility index (Phi) is 21.3. The monoisotopic (exact) mass is 1050 g/mol. The molecule has 9 nitrogen and oxygen atoms in total. The van der Waals surface area contributed by atoms with Gasteiger partial charge in [0.1, 0.15) is 11.5 Å². The molecule has 0 unspecified atom stereocenters. The quantitative estimate of drug-likeness (QED) is 0.0450. The molecule has 4 aromatic rings. The third-order valence-corrected chi connectivity index (χ3v) is 26.9. The molecule has 2 aliphatic rings. The van der Waals surface area contributed by atoms with E-state index in [0.717, 1.165) is 23.3 Å². The molecule has 5 atom stereocenters. The second-order valence-corrected chi connectivity index (χ2v) is 33.7. The van der Waals surface area contributed by atoms with Crippen molar-refractivity contribution in [3.63, 3.8) is 0 Å². The molecule has 0 bridgehead atoms. The van der Waals surface area contributed by atoms with Gasteiger partial charge >= 0.3 is 0 Å². The van der Waals surface area contributed by atoms with E-state index in [2.05, 4.69) is 141 Å². The van der Waals surface area contributed by atoms with Crippen molar-refractivity contribution in [2.24, 2.45) is 5.41 Å². The van der Waals surface area contributed by atoms with Gasteiger partial charge in [-0.3, -0.25) is 4.79 Å². The minimum absolute atomic E-state index is 0.100. The lowest BCUT2D eigenvalue weighted by molar-refractivity contribution is -0.305. The average Bonchev–Trinajstić information content (AvgIpc) is 3.35. The molecule has 0 N–H and O–H groups in total. The van der Waals surface area contributed by atoms with Crippen LogP contribution in [0.4, 0.5) is 0 Å². The molecule has 4 aromatic carbocycles. The summed E-state index contributed by atoms with van der Waals surface area (Å²) in [5, 5.41) is 2.37. The third kappa shape index (κ3) is 15.3. The summed E-state index contributed by atoms with van der Waals surface area (Å²) >= 11 is 0. The van der Waals surface area contributed by atoms with E-state index in [-0.39, 0.29) is 41.7 Å². The van der Waals surface area contributed by atoms with Gasteiger partial charge in [-0.2, -0.15) is 0 Å². The van der Waals surface area contributed by atoms with Gasteiger partial charge in [0.15, 0.2) is 5.79 Å². The van der Waals surface area contributed by atoms with E-state index in [9.17, 15) is 0 Å². The van der Waals surface area contributed by atoms with Crippen molar-refractivity contribution >= 4 is 32.8 Å². The number of hydrogen-bond donors (Lipinski definition) is 0. The van der Waals surface area contributed by atoms with Crippen LogP contribution in [0.25, 0.3) is 0 Å². The molecule has 2 fully saturated rings. The van der Waals surface area contributed by atoms with Crippen molar-refractivity contribution in [1.82, 2.24) is 0 Å².